The number of hydrogen-bond donors (Lipinski definition) is 1. The summed E-state index contributed by atoms with van der Waals surface area (Å²) in [5.74, 6) is 1.80. The molecule has 37 heavy (non-hydrogen) atoms. The van der Waals surface area contributed by atoms with Crippen LogP contribution in [0.3, 0.4) is 0 Å². The van der Waals surface area contributed by atoms with Crippen molar-refractivity contribution in [3.63, 3.8) is 0 Å². The van der Waals surface area contributed by atoms with E-state index in [-0.39, 0.29) is 17.6 Å². The maximum absolute atomic E-state index is 14.0. The molecule has 1 amide bonds. The molecule has 1 heterocycles. The Bertz CT molecular complexity index is 1380. The van der Waals surface area contributed by atoms with Gasteiger partial charge in [-0.05, 0) is 59.9 Å². The van der Waals surface area contributed by atoms with Gasteiger partial charge in [-0.15, -0.1) is 0 Å². The molecule has 5 rings (SSSR count). The molecule has 1 aliphatic heterocycles. The Labute approximate surface area is 216 Å². The van der Waals surface area contributed by atoms with Crippen LogP contribution in [0.2, 0.25) is 0 Å². The lowest BCUT2D eigenvalue weighted by molar-refractivity contribution is -0.117. The monoisotopic (exact) mass is 498 g/mol. The largest absolute Gasteiger partial charge is 0.497 e. The highest BCUT2D eigenvalue weighted by Crippen LogP contribution is 2.48. The fourth-order valence-electron chi connectivity index (χ4n) is 5.38. The minimum atomic E-state index is -0.562. The van der Waals surface area contributed by atoms with Gasteiger partial charge in [0.15, 0.2) is 17.3 Å². The number of carbonyl (C=O) groups is 2. The molecule has 0 radical (unpaired) electrons. The van der Waals surface area contributed by atoms with Crippen molar-refractivity contribution >= 4 is 23.1 Å². The van der Waals surface area contributed by atoms with Gasteiger partial charge in [0.2, 0.25) is 5.91 Å². The fourth-order valence-corrected chi connectivity index (χ4v) is 5.38. The fraction of sp³-hybridized carbons (Fsp3) is 0.267. The molecule has 0 spiro atoms. The van der Waals surface area contributed by atoms with Gasteiger partial charge in [-0.1, -0.05) is 30.3 Å². The van der Waals surface area contributed by atoms with Gasteiger partial charge in [-0.3, -0.25) is 14.5 Å². The van der Waals surface area contributed by atoms with E-state index in [9.17, 15) is 9.59 Å². The zero-order valence-corrected chi connectivity index (χ0v) is 21.4. The number of Topliss-reactive ketones (excluding diaryl/α,β-unsaturated/α-hetero) is 1. The maximum Gasteiger partial charge on any atom is 0.224 e. The average Bonchev–Trinajstić information content (AvgIpc) is 3.07. The van der Waals surface area contributed by atoms with E-state index in [1.807, 2.05) is 66.7 Å². The summed E-state index contributed by atoms with van der Waals surface area (Å²) in [5, 5.41) is 3.53. The molecule has 0 saturated heterocycles. The molecule has 0 aromatic heterocycles. The molecule has 7 heteroatoms. The smallest absolute Gasteiger partial charge is 0.224 e. The molecule has 2 atom stereocenters. The van der Waals surface area contributed by atoms with Crippen LogP contribution in [0.5, 0.6) is 17.2 Å². The number of ketones is 1. The van der Waals surface area contributed by atoms with Gasteiger partial charge in [-0.2, -0.15) is 0 Å². The third kappa shape index (κ3) is 4.42. The number of allylic oxidation sites excluding steroid dienone is 1. The first-order chi connectivity index (χ1) is 17.9. The second kappa shape index (κ2) is 10.0. The topological polar surface area (TPSA) is 77.1 Å². The highest BCUT2D eigenvalue weighted by molar-refractivity contribution is 6.06. The number of methoxy groups -OCH3 is 3. The predicted octanol–water partition coefficient (Wildman–Crippen LogP) is 5.63. The number of rotatable bonds is 5. The van der Waals surface area contributed by atoms with E-state index in [1.165, 1.54) is 0 Å². The molecule has 3 aromatic rings. The van der Waals surface area contributed by atoms with Crippen LogP contribution in [-0.2, 0) is 9.59 Å². The van der Waals surface area contributed by atoms with Gasteiger partial charge in [0, 0.05) is 24.6 Å². The van der Waals surface area contributed by atoms with Gasteiger partial charge in [-0.25, -0.2) is 0 Å². The second-order valence-corrected chi connectivity index (χ2v) is 9.24. The van der Waals surface area contributed by atoms with E-state index in [0.29, 0.717) is 35.7 Å². The minimum absolute atomic E-state index is 0.00779. The molecular weight excluding hydrogens is 468 g/mol. The SMILES string of the molecule is COc1ccc([C@H]2C3=C(C[C@H](c4ccc(OC)c(OC)c4)CC3=O)Nc3ccccc3N2C(C)=O)cc1. The number of para-hydroxylation sites is 2. The summed E-state index contributed by atoms with van der Waals surface area (Å²) < 4.78 is 16.3. The lowest BCUT2D eigenvalue weighted by atomic mass is 9.78. The second-order valence-electron chi connectivity index (χ2n) is 9.24. The summed E-state index contributed by atoms with van der Waals surface area (Å²) in [7, 11) is 4.82. The first-order valence-corrected chi connectivity index (χ1v) is 12.2. The van der Waals surface area contributed by atoms with Crippen LogP contribution in [0.1, 0.15) is 42.9 Å². The van der Waals surface area contributed by atoms with E-state index in [0.717, 1.165) is 28.2 Å². The predicted molar refractivity (Wildman–Crippen MR) is 143 cm³/mol. The molecule has 0 saturated carbocycles. The van der Waals surface area contributed by atoms with Crippen molar-refractivity contribution < 1.29 is 23.8 Å². The van der Waals surface area contributed by atoms with Crippen molar-refractivity contribution in [3.8, 4) is 17.2 Å². The lowest BCUT2D eigenvalue weighted by Gasteiger charge is -2.34. The molecule has 0 fully saturated rings. The van der Waals surface area contributed by atoms with Gasteiger partial charge in [0.25, 0.3) is 0 Å². The first-order valence-electron chi connectivity index (χ1n) is 12.2. The number of ether oxygens (including phenoxy) is 3. The Kier molecular flexibility index (Phi) is 6.61. The molecule has 1 aliphatic carbocycles. The molecule has 1 N–H and O–H groups in total. The third-order valence-corrected chi connectivity index (χ3v) is 7.14. The quantitative estimate of drug-likeness (QED) is 0.491. The van der Waals surface area contributed by atoms with Crippen LogP contribution in [0.25, 0.3) is 0 Å². The number of nitrogens with zero attached hydrogens (tertiary/aromatic N) is 1. The maximum atomic E-state index is 14.0. The zero-order valence-electron chi connectivity index (χ0n) is 21.4. The van der Waals surface area contributed by atoms with Crippen LogP contribution >= 0.6 is 0 Å². The summed E-state index contributed by atoms with van der Waals surface area (Å²) in [5.41, 5.74) is 4.82. The number of fused-ring (bicyclic) bond motifs is 1. The van der Waals surface area contributed by atoms with E-state index in [2.05, 4.69) is 5.32 Å². The number of nitrogens with one attached hydrogen (secondary N) is 1. The van der Waals surface area contributed by atoms with E-state index < -0.39 is 6.04 Å². The highest BCUT2D eigenvalue weighted by atomic mass is 16.5. The molecule has 0 bridgehead atoms. The standard InChI is InChI=1S/C30H30N2O5/c1-18(33)32-25-8-6-5-7-23(25)31-24-15-21(20-11-14-27(36-3)28(17-20)37-4)16-26(34)29(24)30(32)19-9-12-22(35-2)13-10-19/h5-14,17,21,30-31H,15-16H2,1-4H3/t21-,30-/m0/s1. The van der Waals surface area contributed by atoms with Gasteiger partial charge < -0.3 is 19.5 Å². The summed E-state index contributed by atoms with van der Waals surface area (Å²) in [4.78, 5) is 28.8. The van der Waals surface area contributed by atoms with Gasteiger partial charge in [0.05, 0.1) is 38.7 Å². The van der Waals surface area contributed by atoms with E-state index >= 15 is 0 Å². The summed E-state index contributed by atoms with van der Waals surface area (Å²) >= 11 is 0. The average molecular weight is 499 g/mol. The van der Waals surface area contributed by atoms with Crippen molar-refractivity contribution in [2.45, 2.75) is 31.7 Å². The Hall–Kier alpha value is -4.26. The van der Waals surface area contributed by atoms with Crippen molar-refractivity contribution in [1.82, 2.24) is 0 Å². The van der Waals surface area contributed by atoms with Crippen LogP contribution in [0, 0.1) is 0 Å². The van der Waals surface area contributed by atoms with Crippen molar-refractivity contribution in [1.29, 1.82) is 0 Å². The number of anilines is 2. The first kappa shape index (κ1) is 24.4. The summed E-state index contributed by atoms with van der Waals surface area (Å²) in [6, 6.07) is 20.5. The van der Waals surface area contributed by atoms with Crippen molar-refractivity contribution in [2.24, 2.45) is 0 Å². The van der Waals surface area contributed by atoms with E-state index in [1.54, 1.807) is 33.2 Å². The van der Waals surface area contributed by atoms with Crippen molar-refractivity contribution in [2.75, 3.05) is 31.5 Å². The lowest BCUT2D eigenvalue weighted by Crippen LogP contribution is -2.37. The van der Waals surface area contributed by atoms with Gasteiger partial charge >= 0.3 is 0 Å². The third-order valence-electron chi connectivity index (χ3n) is 7.14. The number of hydrogen-bond acceptors (Lipinski definition) is 6. The minimum Gasteiger partial charge on any atom is -0.497 e. The zero-order chi connectivity index (χ0) is 26.1. The molecule has 2 aliphatic rings. The Morgan fingerprint density at radius 1 is 0.865 bits per heavy atom. The van der Waals surface area contributed by atoms with Crippen molar-refractivity contribution in [3.05, 3.63) is 89.1 Å². The van der Waals surface area contributed by atoms with Gasteiger partial charge in [0.1, 0.15) is 5.75 Å². The normalized spacial score (nSPS) is 18.8. The molecule has 7 nitrogen and oxygen atoms in total. The number of amides is 1. The van der Waals surface area contributed by atoms with Crippen LogP contribution in [-0.4, -0.2) is 33.0 Å². The molecule has 190 valence electrons. The van der Waals surface area contributed by atoms with Crippen LogP contribution in [0.4, 0.5) is 11.4 Å². The Morgan fingerprint density at radius 3 is 2.24 bits per heavy atom. The molecular formula is C30H30N2O5. The Balaban J connectivity index is 1.65. The van der Waals surface area contributed by atoms with E-state index in [4.69, 9.17) is 14.2 Å². The summed E-state index contributed by atoms with van der Waals surface area (Å²) in [6.07, 6.45) is 0.939. The summed E-state index contributed by atoms with van der Waals surface area (Å²) in [6.45, 7) is 1.54. The highest BCUT2D eigenvalue weighted by Gasteiger charge is 2.40. The number of carbonyl (C=O) groups excluding carboxylic acids is 2. The Morgan fingerprint density at radius 2 is 1.57 bits per heavy atom. The molecule has 3 aromatic carbocycles. The number of benzene rings is 3. The molecule has 0 unspecified atom stereocenters. The van der Waals surface area contributed by atoms with Crippen LogP contribution < -0.4 is 24.4 Å². The van der Waals surface area contributed by atoms with Crippen LogP contribution in [0.15, 0.2) is 78.0 Å².